The zero-order valence-corrected chi connectivity index (χ0v) is 5.02. The zero-order valence-electron chi connectivity index (χ0n) is 5.02. The van der Waals surface area contributed by atoms with Gasteiger partial charge in [0.2, 0.25) is 0 Å². The average Bonchev–Trinajstić information content (AvgIpc) is 2.14. The summed E-state index contributed by atoms with van der Waals surface area (Å²) in [5, 5.41) is 17.2. The van der Waals surface area contributed by atoms with Crippen LogP contribution in [-0.2, 0) is 4.79 Å². The molecule has 3 nitrogen and oxygen atoms in total. The summed E-state index contributed by atoms with van der Waals surface area (Å²) < 4.78 is 0. The molecule has 9 heavy (non-hydrogen) atoms. The van der Waals surface area contributed by atoms with Gasteiger partial charge in [-0.1, -0.05) is 0 Å². The highest BCUT2D eigenvalue weighted by Crippen LogP contribution is 2.20. The van der Waals surface area contributed by atoms with Gasteiger partial charge in [0.05, 0.1) is 0 Å². The Bertz CT molecular complexity index is 153. The number of nitrogens with one attached hydrogen (secondary N) is 1. The molecule has 0 spiro atoms. The van der Waals surface area contributed by atoms with Crippen LogP contribution in [0, 0.1) is 11.3 Å². The van der Waals surface area contributed by atoms with Crippen LogP contribution in [0.3, 0.4) is 0 Å². The highest BCUT2D eigenvalue weighted by Gasteiger charge is 2.19. The molecule has 3 heteroatoms. The topological polar surface area (TPSA) is 64.0 Å². The first-order valence-corrected chi connectivity index (χ1v) is 2.97. The van der Waals surface area contributed by atoms with Gasteiger partial charge in [0, 0.05) is 17.6 Å². The molecule has 0 aliphatic heterocycles. The number of hydrogen-bond donors (Lipinski definition) is 1. The van der Waals surface area contributed by atoms with Crippen LogP contribution in [0.4, 0.5) is 0 Å². The summed E-state index contributed by atoms with van der Waals surface area (Å²) in [6.45, 7) is 0. The van der Waals surface area contributed by atoms with Crippen molar-refractivity contribution in [2.75, 3.05) is 0 Å². The lowest BCUT2D eigenvalue weighted by atomic mass is 10.1. The molecule has 1 N–H and O–H groups in total. The lowest BCUT2D eigenvalue weighted by Crippen LogP contribution is -2.29. The number of carboxylic acids is 1. The van der Waals surface area contributed by atoms with E-state index >= 15 is 0 Å². The smallest absolute Gasteiger partial charge is 0.0449 e. The largest absolute Gasteiger partial charge is 0.550 e. The molecule has 0 bridgehead atoms. The Morgan fingerprint density at radius 2 is 2.44 bits per heavy atom. The first kappa shape index (κ1) is 6.26. The Morgan fingerprint density at radius 1 is 1.78 bits per heavy atom. The molecule has 1 aliphatic carbocycles. The van der Waals surface area contributed by atoms with Crippen molar-refractivity contribution in [1.82, 2.24) is 0 Å². The lowest BCUT2D eigenvalue weighted by Gasteiger charge is -2.06. The van der Waals surface area contributed by atoms with Crippen LogP contribution in [0.5, 0.6) is 0 Å². The maximum Gasteiger partial charge on any atom is 0.0449 e. The number of carbonyl (C=O) groups is 1. The molecular weight excluding hydrogens is 118 g/mol. The SMILES string of the molecule is N=C1CC[C@H](C(=O)[O-])C1. The van der Waals surface area contributed by atoms with E-state index in [0.717, 1.165) is 0 Å². The Morgan fingerprint density at radius 3 is 2.67 bits per heavy atom. The summed E-state index contributed by atoms with van der Waals surface area (Å²) in [5.41, 5.74) is 0.546. The van der Waals surface area contributed by atoms with Crippen molar-refractivity contribution in [1.29, 1.82) is 5.41 Å². The summed E-state index contributed by atoms with van der Waals surface area (Å²) in [4.78, 5) is 10.1. The first-order chi connectivity index (χ1) is 4.20. The van der Waals surface area contributed by atoms with E-state index in [9.17, 15) is 9.90 Å². The summed E-state index contributed by atoms with van der Waals surface area (Å²) >= 11 is 0. The molecule has 0 radical (unpaired) electrons. The van der Waals surface area contributed by atoms with Crippen LogP contribution in [0.2, 0.25) is 0 Å². The van der Waals surface area contributed by atoms with Gasteiger partial charge >= 0.3 is 0 Å². The third-order valence-corrected chi connectivity index (χ3v) is 1.62. The van der Waals surface area contributed by atoms with E-state index in [-0.39, 0.29) is 5.92 Å². The molecule has 1 fully saturated rings. The summed E-state index contributed by atoms with van der Waals surface area (Å²) in [5.74, 6) is -1.38. The van der Waals surface area contributed by atoms with Crippen molar-refractivity contribution >= 4 is 11.7 Å². The molecule has 0 aromatic heterocycles. The molecule has 0 heterocycles. The molecular formula is C6H8NO2-. The molecule has 1 aliphatic rings. The Hall–Kier alpha value is -0.860. The van der Waals surface area contributed by atoms with Gasteiger partial charge in [0.15, 0.2) is 0 Å². The Kier molecular flexibility index (Phi) is 1.51. The van der Waals surface area contributed by atoms with Crippen molar-refractivity contribution in [3.8, 4) is 0 Å². The first-order valence-electron chi connectivity index (χ1n) is 2.97. The molecule has 0 unspecified atom stereocenters. The lowest BCUT2D eigenvalue weighted by molar-refractivity contribution is -0.311. The van der Waals surface area contributed by atoms with Crippen molar-refractivity contribution in [2.45, 2.75) is 19.3 Å². The molecule has 1 saturated carbocycles. The number of aliphatic carboxylic acids is 1. The summed E-state index contributed by atoms with van der Waals surface area (Å²) in [6.07, 6.45) is 1.64. The predicted octanol–water partition coefficient (Wildman–Crippen LogP) is -0.444. The third kappa shape index (κ3) is 1.28. The van der Waals surface area contributed by atoms with Gasteiger partial charge in [-0.3, -0.25) is 0 Å². The molecule has 1 atom stereocenters. The maximum absolute atomic E-state index is 10.1. The fourth-order valence-electron chi connectivity index (χ4n) is 1.05. The van der Waals surface area contributed by atoms with E-state index in [1.54, 1.807) is 0 Å². The van der Waals surface area contributed by atoms with E-state index in [1.807, 2.05) is 0 Å². The molecule has 50 valence electrons. The van der Waals surface area contributed by atoms with E-state index in [0.29, 0.717) is 25.0 Å². The van der Waals surface area contributed by atoms with Crippen LogP contribution in [0.1, 0.15) is 19.3 Å². The van der Waals surface area contributed by atoms with Gasteiger partial charge in [-0.15, -0.1) is 0 Å². The molecule has 0 aromatic carbocycles. The molecule has 1 rings (SSSR count). The Balaban J connectivity index is 2.48. The van der Waals surface area contributed by atoms with Crippen LogP contribution >= 0.6 is 0 Å². The van der Waals surface area contributed by atoms with Crippen LogP contribution in [0.15, 0.2) is 0 Å². The standard InChI is InChI=1S/C6H9NO2/c7-5-2-1-4(3-5)6(8)9/h4,7H,1-3H2,(H,8,9)/p-1/t4-/m0/s1. The second kappa shape index (κ2) is 2.17. The number of hydrogen-bond acceptors (Lipinski definition) is 3. The van der Waals surface area contributed by atoms with Gasteiger partial charge < -0.3 is 15.3 Å². The predicted molar refractivity (Wildman–Crippen MR) is 30.1 cm³/mol. The van der Waals surface area contributed by atoms with E-state index in [4.69, 9.17) is 5.41 Å². The minimum atomic E-state index is -1.00. The second-order valence-electron chi connectivity index (χ2n) is 2.36. The fourth-order valence-corrected chi connectivity index (χ4v) is 1.05. The molecule has 0 aromatic rings. The number of carbonyl (C=O) groups excluding carboxylic acids is 1. The number of carboxylic acid groups (broad SMARTS) is 1. The minimum Gasteiger partial charge on any atom is -0.550 e. The third-order valence-electron chi connectivity index (χ3n) is 1.62. The molecule has 0 amide bonds. The van der Waals surface area contributed by atoms with Gasteiger partial charge in [-0.2, -0.15) is 0 Å². The minimum absolute atomic E-state index is 0.377. The average molecular weight is 126 g/mol. The second-order valence-corrected chi connectivity index (χ2v) is 2.36. The van der Waals surface area contributed by atoms with Gasteiger partial charge in [-0.25, -0.2) is 0 Å². The van der Waals surface area contributed by atoms with Crippen molar-refractivity contribution in [3.05, 3.63) is 0 Å². The highest BCUT2D eigenvalue weighted by molar-refractivity contribution is 5.88. The van der Waals surface area contributed by atoms with Gasteiger partial charge in [0.1, 0.15) is 0 Å². The fraction of sp³-hybridized carbons (Fsp3) is 0.667. The maximum atomic E-state index is 10.1. The van der Waals surface area contributed by atoms with E-state index in [1.165, 1.54) is 0 Å². The van der Waals surface area contributed by atoms with Gasteiger partial charge in [0.25, 0.3) is 0 Å². The highest BCUT2D eigenvalue weighted by atomic mass is 16.4. The van der Waals surface area contributed by atoms with Crippen molar-refractivity contribution < 1.29 is 9.90 Å². The van der Waals surface area contributed by atoms with Crippen LogP contribution in [-0.4, -0.2) is 11.7 Å². The number of rotatable bonds is 1. The van der Waals surface area contributed by atoms with Crippen LogP contribution < -0.4 is 5.11 Å². The van der Waals surface area contributed by atoms with Crippen LogP contribution in [0.25, 0.3) is 0 Å². The summed E-state index contributed by atoms with van der Waals surface area (Å²) in [7, 11) is 0. The van der Waals surface area contributed by atoms with Gasteiger partial charge in [-0.05, 0) is 19.3 Å². The zero-order chi connectivity index (χ0) is 6.85. The summed E-state index contributed by atoms with van der Waals surface area (Å²) in [6, 6.07) is 0. The monoisotopic (exact) mass is 126 g/mol. The van der Waals surface area contributed by atoms with Crippen molar-refractivity contribution in [2.24, 2.45) is 5.92 Å². The van der Waals surface area contributed by atoms with Crippen molar-refractivity contribution in [3.63, 3.8) is 0 Å². The normalized spacial score (nSPS) is 26.7. The quantitative estimate of drug-likeness (QED) is 0.517. The van der Waals surface area contributed by atoms with E-state index in [2.05, 4.69) is 0 Å². The Labute approximate surface area is 53.2 Å². The molecule has 0 saturated heterocycles. The van der Waals surface area contributed by atoms with E-state index < -0.39 is 5.97 Å².